The summed E-state index contributed by atoms with van der Waals surface area (Å²) in [5, 5.41) is 3.22. The maximum absolute atomic E-state index is 12.3. The number of likely N-dealkylation sites (N-methyl/N-ethyl adjacent to an activating group) is 1. The van der Waals surface area contributed by atoms with Gasteiger partial charge in [-0.05, 0) is 31.8 Å². The Morgan fingerprint density at radius 2 is 2.16 bits per heavy atom. The molecule has 108 valence electrons. The van der Waals surface area contributed by atoms with Gasteiger partial charge in [0.25, 0.3) is 0 Å². The van der Waals surface area contributed by atoms with Crippen molar-refractivity contribution in [1.29, 1.82) is 0 Å². The Morgan fingerprint density at radius 1 is 1.42 bits per heavy atom. The topological polar surface area (TPSA) is 24.5 Å². The third-order valence-electron chi connectivity index (χ3n) is 2.76. The highest BCUT2D eigenvalue weighted by molar-refractivity contribution is 9.10. The van der Waals surface area contributed by atoms with E-state index in [4.69, 9.17) is 0 Å². The lowest BCUT2D eigenvalue weighted by atomic mass is 10.2. The zero-order valence-electron chi connectivity index (χ0n) is 11.1. The summed E-state index contributed by atoms with van der Waals surface area (Å²) < 4.78 is 29.9. The van der Waals surface area contributed by atoms with E-state index in [0.29, 0.717) is 12.1 Å². The lowest BCUT2D eigenvalue weighted by Gasteiger charge is -2.15. The molecule has 0 aliphatic heterocycles. The lowest BCUT2D eigenvalue weighted by Crippen LogP contribution is -2.28. The molecule has 1 aromatic carbocycles. The van der Waals surface area contributed by atoms with Crippen LogP contribution in [0.15, 0.2) is 22.7 Å². The van der Waals surface area contributed by atoms with Crippen molar-refractivity contribution in [2.24, 2.45) is 0 Å². The van der Waals surface area contributed by atoms with Gasteiger partial charge in [0.15, 0.2) is 0 Å². The van der Waals surface area contributed by atoms with Crippen LogP contribution in [0.1, 0.15) is 12.5 Å². The molecule has 0 spiro atoms. The summed E-state index contributed by atoms with van der Waals surface area (Å²) in [6, 6.07) is 5.02. The Labute approximate surface area is 121 Å². The number of alkyl halides is 2. The SMILES string of the molecule is CCN(C)CCNCc1cc(Br)ccc1OC(F)F. The van der Waals surface area contributed by atoms with Crippen molar-refractivity contribution < 1.29 is 13.5 Å². The molecule has 0 fully saturated rings. The van der Waals surface area contributed by atoms with Gasteiger partial charge in [-0.1, -0.05) is 22.9 Å². The van der Waals surface area contributed by atoms with Crippen LogP contribution in [-0.4, -0.2) is 38.2 Å². The van der Waals surface area contributed by atoms with Gasteiger partial charge in [0, 0.05) is 29.7 Å². The molecule has 0 bridgehead atoms. The molecule has 6 heteroatoms. The number of halogens is 3. The molecule has 1 aromatic rings. The van der Waals surface area contributed by atoms with Gasteiger partial charge in [-0.15, -0.1) is 0 Å². The molecule has 19 heavy (non-hydrogen) atoms. The Morgan fingerprint density at radius 3 is 2.79 bits per heavy atom. The lowest BCUT2D eigenvalue weighted by molar-refractivity contribution is -0.0505. The highest BCUT2D eigenvalue weighted by Crippen LogP contribution is 2.24. The number of hydrogen-bond acceptors (Lipinski definition) is 3. The van der Waals surface area contributed by atoms with E-state index >= 15 is 0 Å². The van der Waals surface area contributed by atoms with Crippen molar-refractivity contribution in [3.63, 3.8) is 0 Å². The largest absolute Gasteiger partial charge is 0.434 e. The number of nitrogens with one attached hydrogen (secondary N) is 1. The van der Waals surface area contributed by atoms with Crippen LogP contribution in [0.2, 0.25) is 0 Å². The first-order chi connectivity index (χ1) is 9.02. The number of hydrogen-bond donors (Lipinski definition) is 1. The molecule has 1 rings (SSSR count). The molecule has 0 saturated carbocycles. The van der Waals surface area contributed by atoms with Gasteiger partial charge in [0.1, 0.15) is 5.75 Å². The van der Waals surface area contributed by atoms with Crippen LogP contribution in [0.5, 0.6) is 5.75 Å². The van der Waals surface area contributed by atoms with Gasteiger partial charge in [-0.2, -0.15) is 8.78 Å². The maximum Gasteiger partial charge on any atom is 0.387 e. The van der Waals surface area contributed by atoms with Crippen molar-refractivity contribution in [2.75, 3.05) is 26.7 Å². The number of ether oxygens (including phenoxy) is 1. The second-order valence-corrected chi connectivity index (χ2v) is 5.12. The molecule has 0 atom stereocenters. The van der Waals surface area contributed by atoms with E-state index in [1.807, 2.05) is 7.05 Å². The van der Waals surface area contributed by atoms with E-state index in [1.54, 1.807) is 18.2 Å². The van der Waals surface area contributed by atoms with Crippen LogP contribution < -0.4 is 10.1 Å². The Hall–Kier alpha value is -0.720. The van der Waals surface area contributed by atoms with Crippen molar-refractivity contribution >= 4 is 15.9 Å². The fraction of sp³-hybridized carbons (Fsp3) is 0.538. The van der Waals surface area contributed by atoms with E-state index in [9.17, 15) is 8.78 Å². The molecule has 0 unspecified atom stereocenters. The minimum atomic E-state index is -2.80. The average Bonchev–Trinajstić information content (AvgIpc) is 2.36. The van der Waals surface area contributed by atoms with Gasteiger partial charge in [-0.25, -0.2) is 0 Å². The summed E-state index contributed by atoms with van der Waals surface area (Å²) in [7, 11) is 2.03. The van der Waals surface area contributed by atoms with Crippen molar-refractivity contribution in [2.45, 2.75) is 20.1 Å². The van der Waals surface area contributed by atoms with Crippen molar-refractivity contribution in [3.05, 3.63) is 28.2 Å². The van der Waals surface area contributed by atoms with Gasteiger partial charge in [0.05, 0.1) is 0 Å². The summed E-state index contributed by atoms with van der Waals surface area (Å²) in [4.78, 5) is 2.17. The van der Waals surface area contributed by atoms with Crippen LogP contribution in [-0.2, 0) is 6.54 Å². The number of nitrogens with zero attached hydrogens (tertiary/aromatic N) is 1. The van der Waals surface area contributed by atoms with Gasteiger partial charge >= 0.3 is 6.61 Å². The van der Waals surface area contributed by atoms with Crippen LogP contribution in [0.4, 0.5) is 8.78 Å². The summed E-state index contributed by atoms with van der Waals surface area (Å²) in [6.45, 7) is 2.48. The zero-order chi connectivity index (χ0) is 14.3. The quantitative estimate of drug-likeness (QED) is 0.738. The molecular formula is C13H19BrF2N2O. The summed E-state index contributed by atoms with van der Waals surface area (Å²) in [5.41, 5.74) is 0.717. The van der Waals surface area contributed by atoms with Crippen LogP contribution in [0, 0.1) is 0 Å². The van der Waals surface area contributed by atoms with E-state index in [0.717, 1.165) is 24.1 Å². The third-order valence-corrected chi connectivity index (χ3v) is 3.26. The van der Waals surface area contributed by atoms with E-state index in [2.05, 4.69) is 37.8 Å². The zero-order valence-corrected chi connectivity index (χ0v) is 12.7. The third kappa shape index (κ3) is 6.31. The van der Waals surface area contributed by atoms with E-state index < -0.39 is 6.61 Å². The predicted molar refractivity (Wildman–Crippen MR) is 75.7 cm³/mol. The standard InChI is InChI=1S/C13H19BrF2N2O/c1-3-18(2)7-6-17-9-10-8-11(14)4-5-12(10)19-13(15)16/h4-5,8,13,17H,3,6-7,9H2,1-2H3. The molecule has 1 N–H and O–H groups in total. The monoisotopic (exact) mass is 336 g/mol. The Kier molecular flexibility index (Phi) is 7.27. The molecule has 0 aliphatic carbocycles. The van der Waals surface area contributed by atoms with Gasteiger partial charge < -0.3 is 15.0 Å². The summed E-state index contributed by atoms with van der Waals surface area (Å²) >= 11 is 3.33. The molecule has 0 aliphatic rings. The molecule has 0 amide bonds. The summed E-state index contributed by atoms with van der Waals surface area (Å²) in [6.07, 6.45) is 0. The number of benzene rings is 1. The van der Waals surface area contributed by atoms with E-state index in [-0.39, 0.29) is 5.75 Å². The second kappa shape index (κ2) is 8.45. The molecular weight excluding hydrogens is 318 g/mol. The van der Waals surface area contributed by atoms with Crippen molar-refractivity contribution in [1.82, 2.24) is 10.2 Å². The van der Waals surface area contributed by atoms with Gasteiger partial charge in [-0.3, -0.25) is 0 Å². The highest BCUT2D eigenvalue weighted by atomic mass is 79.9. The smallest absolute Gasteiger partial charge is 0.387 e. The normalized spacial score (nSPS) is 11.3. The Bertz CT molecular complexity index is 391. The molecule has 0 saturated heterocycles. The average molecular weight is 337 g/mol. The Balaban J connectivity index is 2.53. The van der Waals surface area contributed by atoms with Gasteiger partial charge in [0.2, 0.25) is 0 Å². The van der Waals surface area contributed by atoms with Crippen LogP contribution in [0.25, 0.3) is 0 Å². The van der Waals surface area contributed by atoms with Crippen molar-refractivity contribution in [3.8, 4) is 5.75 Å². The second-order valence-electron chi connectivity index (χ2n) is 4.20. The highest BCUT2D eigenvalue weighted by Gasteiger charge is 2.09. The maximum atomic E-state index is 12.3. The van der Waals surface area contributed by atoms with Crippen LogP contribution >= 0.6 is 15.9 Å². The first-order valence-corrected chi connectivity index (χ1v) is 6.94. The molecule has 0 aromatic heterocycles. The number of rotatable bonds is 8. The van der Waals surface area contributed by atoms with E-state index in [1.165, 1.54) is 0 Å². The minimum absolute atomic E-state index is 0.217. The molecule has 0 heterocycles. The predicted octanol–water partition coefficient (Wildman–Crippen LogP) is 3.09. The van der Waals surface area contributed by atoms with Crippen LogP contribution in [0.3, 0.4) is 0 Å². The fourth-order valence-electron chi connectivity index (χ4n) is 1.55. The minimum Gasteiger partial charge on any atom is -0.434 e. The molecule has 3 nitrogen and oxygen atoms in total. The fourth-order valence-corrected chi connectivity index (χ4v) is 1.96. The molecule has 0 radical (unpaired) electrons. The summed E-state index contributed by atoms with van der Waals surface area (Å²) in [5.74, 6) is 0.217. The first-order valence-electron chi connectivity index (χ1n) is 6.15. The first kappa shape index (κ1) is 16.3.